The van der Waals surface area contributed by atoms with Gasteiger partial charge in [0.1, 0.15) is 5.82 Å². The van der Waals surface area contributed by atoms with Crippen molar-refractivity contribution in [2.45, 2.75) is 6.92 Å². The average molecular weight is 275 g/mol. The Morgan fingerprint density at radius 1 is 1.06 bits per heavy atom. The predicted molar refractivity (Wildman–Crippen MR) is 62.1 cm³/mol. The van der Waals surface area contributed by atoms with E-state index in [-0.39, 0.29) is 21.7 Å². The maximum absolute atomic E-state index is 13.2. The summed E-state index contributed by atoms with van der Waals surface area (Å²) in [6.45, 7) is 1.45. The first-order valence-corrected chi connectivity index (χ1v) is 5.39. The molecule has 0 radical (unpaired) electrons. The molecule has 1 aromatic carbocycles. The topological polar surface area (TPSA) is 25.8 Å². The fourth-order valence-corrected chi connectivity index (χ4v) is 1.77. The maximum atomic E-state index is 13.2. The van der Waals surface area contributed by atoms with Gasteiger partial charge in [0.15, 0.2) is 16.8 Å². The van der Waals surface area contributed by atoms with Gasteiger partial charge in [-0.2, -0.15) is 0 Å². The number of aryl methyl sites for hydroxylation is 1. The second kappa shape index (κ2) is 4.55. The molecule has 2 nitrogen and oxygen atoms in total. The van der Waals surface area contributed by atoms with Gasteiger partial charge in [0.25, 0.3) is 0 Å². The quantitative estimate of drug-likeness (QED) is 0.734. The molecule has 0 spiro atoms. The Hall–Kier alpha value is -1.26. The molecule has 17 heavy (non-hydrogen) atoms. The highest BCUT2D eigenvalue weighted by atomic mass is 35.5. The summed E-state index contributed by atoms with van der Waals surface area (Å²) in [5.41, 5.74) is 0.445. The smallest absolute Gasteiger partial charge is 0.181 e. The molecule has 0 N–H and O–H groups in total. The average Bonchev–Trinajstić information content (AvgIpc) is 2.23. The Morgan fingerprint density at radius 3 is 2.35 bits per heavy atom. The zero-order chi connectivity index (χ0) is 12.6. The molecule has 0 saturated carbocycles. The van der Waals surface area contributed by atoms with Crippen molar-refractivity contribution >= 4 is 23.2 Å². The lowest BCUT2D eigenvalue weighted by atomic mass is 10.2. The van der Waals surface area contributed by atoms with E-state index in [1.165, 1.54) is 19.1 Å². The summed E-state index contributed by atoms with van der Waals surface area (Å²) in [5.74, 6) is -1.07. The molecule has 0 atom stereocenters. The monoisotopic (exact) mass is 274 g/mol. The molecule has 0 aliphatic heterocycles. The van der Waals surface area contributed by atoms with Crippen molar-refractivity contribution in [1.29, 1.82) is 0 Å². The zero-order valence-corrected chi connectivity index (χ0v) is 10.2. The summed E-state index contributed by atoms with van der Waals surface area (Å²) < 4.78 is 26.4. The van der Waals surface area contributed by atoms with Gasteiger partial charge in [-0.3, -0.25) is 0 Å². The fraction of sp³-hybridized carbons (Fsp3) is 0.0909. The van der Waals surface area contributed by atoms with Crippen LogP contribution in [0.3, 0.4) is 0 Å². The van der Waals surface area contributed by atoms with Gasteiger partial charge in [-0.1, -0.05) is 23.2 Å². The molecule has 2 aromatic rings. The van der Waals surface area contributed by atoms with E-state index in [0.717, 1.165) is 6.07 Å². The second-order valence-electron chi connectivity index (χ2n) is 3.40. The molecule has 88 valence electrons. The number of hydrogen-bond donors (Lipinski definition) is 0. The van der Waals surface area contributed by atoms with Gasteiger partial charge >= 0.3 is 0 Å². The highest BCUT2D eigenvalue weighted by molar-refractivity contribution is 6.31. The van der Waals surface area contributed by atoms with E-state index >= 15 is 0 Å². The fourth-order valence-electron chi connectivity index (χ4n) is 1.34. The molecule has 6 heteroatoms. The van der Waals surface area contributed by atoms with Crippen molar-refractivity contribution in [1.82, 2.24) is 9.97 Å². The van der Waals surface area contributed by atoms with E-state index in [2.05, 4.69) is 9.97 Å². The van der Waals surface area contributed by atoms with Crippen LogP contribution in [-0.2, 0) is 0 Å². The number of nitrogens with zero attached hydrogens (tertiary/aromatic N) is 2. The number of hydrogen-bond acceptors (Lipinski definition) is 2. The molecule has 0 fully saturated rings. The van der Waals surface area contributed by atoms with Crippen LogP contribution < -0.4 is 0 Å². The molecule has 0 saturated heterocycles. The summed E-state index contributed by atoms with van der Waals surface area (Å²) in [6, 6.07) is 3.84. The molecule has 0 unspecified atom stereocenters. The Balaban J connectivity index is 2.60. The highest BCUT2D eigenvalue weighted by Crippen LogP contribution is 2.24. The van der Waals surface area contributed by atoms with Gasteiger partial charge in [0, 0.05) is 10.6 Å². The molecular formula is C11H6Cl2F2N2. The van der Waals surface area contributed by atoms with Gasteiger partial charge in [-0.05, 0) is 25.1 Å². The normalized spacial score (nSPS) is 10.6. The van der Waals surface area contributed by atoms with Crippen LogP contribution in [0.2, 0.25) is 10.2 Å². The summed E-state index contributed by atoms with van der Waals surface area (Å²) in [5, 5.41) is -0.0883. The largest absolute Gasteiger partial charge is 0.230 e. The van der Waals surface area contributed by atoms with Crippen LogP contribution in [-0.4, -0.2) is 9.97 Å². The predicted octanol–water partition coefficient (Wildman–Crippen LogP) is 4.04. The minimum absolute atomic E-state index is 0.0976. The van der Waals surface area contributed by atoms with Gasteiger partial charge in [-0.25, -0.2) is 18.7 Å². The first-order valence-electron chi connectivity index (χ1n) is 4.63. The van der Waals surface area contributed by atoms with Crippen molar-refractivity contribution < 1.29 is 8.78 Å². The number of rotatable bonds is 1. The summed E-state index contributed by atoms with van der Waals surface area (Å²) in [4.78, 5) is 7.63. The molecule has 1 heterocycles. The maximum Gasteiger partial charge on any atom is 0.181 e. The summed E-state index contributed by atoms with van der Waals surface area (Å²) in [6.07, 6.45) is 0. The van der Waals surface area contributed by atoms with Crippen LogP contribution in [0.25, 0.3) is 11.4 Å². The molecule has 0 bridgehead atoms. The van der Waals surface area contributed by atoms with Crippen molar-refractivity contribution in [2.75, 3.05) is 0 Å². The Kier molecular flexibility index (Phi) is 3.26. The van der Waals surface area contributed by atoms with Crippen molar-refractivity contribution in [2.24, 2.45) is 0 Å². The third-order valence-electron chi connectivity index (χ3n) is 2.10. The molecule has 0 aliphatic rings. The van der Waals surface area contributed by atoms with Crippen molar-refractivity contribution in [3.63, 3.8) is 0 Å². The molecule has 0 aliphatic carbocycles. The first-order chi connectivity index (χ1) is 7.97. The number of aromatic nitrogens is 2. The van der Waals surface area contributed by atoms with Gasteiger partial charge in [-0.15, -0.1) is 0 Å². The zero-order valence-electron chi connectivity index (χ0n) is 8.64. The minimum Gasteiger partial charge on any atom is -0.230 e. The van der Waals surface area contributed by atoms with Crippen LogP contribution in [0.15, 0.2) is 18.2 Å². The minimum atomic E-state index is -0.682. The van der Waals surface area contributed by atoms with Crippen molar-refractivity contribution in [3.05, 3.63) is 45.7 Å². The van der Waals surface area contributed by atoms with E-state index < -0.39 is 11.6 Å². The Bertz CT molecular complexity index is 544. The van der Waals surface area contributed by atoms with E-state index in [1.54, 1.807) is 0 Å². The first kappa shape index (κ1) is 12.2. The van der Waals surface area contributed by atoms with E-state index in [4.69, 9.17) is 23.2 Å². The second-order valence-corrected chi connectivity index (χ2v) is 4.19. The van der Waals surface area contributed by atoms with Crippen molar-refractivity contribution in [3.8, 4) is 11.4 Å². The summed E-state index contributed by atoms with van der Waals surface area (Å²) in [7, 11) is 0. The summed E-state index contributed by atoms with van der Waals surface area (Å²) >= 11 is 11.3. The molecular weight excluding hydrogens is 269 g/mol. The molecule has 2 rings (SSSR count). The van der Waals surface area contributed by atoms with Crippen LogP contribution >= 0.6 is 23.2 Å². The van der Waals surface area contributed by atoms with Gasteiger partial charge in [0.2, 0.25) is 0 Å². The Labute approximate surface area is 106 Å². The standard InChI is InChI=1S/C11H6Cl2F2N2/c1-5-9(15)10(13)17-11(16-5)6-2-7(12)4-8(14)3-6/h2-4H,1H3. The van der Waals surface area contributed by atoms with Crippen LogP contribution in [0.5, 0.6) is 0 Å². The van der Waals surface area contributed by atoms with Crippen LogP contribution in [0, 0.1) is 18.6 Å². The van der Waals surface area contributed by atoms with E-state index in [9.17, 15) is 8.78 Å². The third kappa shape index (κ3) is 2.53. The van der Waals surface area contributed by atoms with Crippen LogP contribution in [0.4, 0.5) is 8.78 Å². The Morgan fingerprint density at radius 2 is 1.76 bits per heavy atom. The molecule has 1 aromatic heterocycles. The van der Waals surface area contributed by atoms with Gasteiger partial charge < -0.3 is 0 Å². The highest BCUT2D eigenvalue weighted by Gasteiger charge is 2.12. The SMILES string of the molecule is Cc1nc(-c2cc(F)cc(Cl)c2)nc(Cl)c1F. The lowest BCUT2D eigenvalue weighted by Crippen LogP contribution is -1.97. The van der Waals surface area contributed by atoms with E-state index in [1.807, 2.05) is 0 Å². The number of benzene rings is 1. The van der Waals surface area contributed by atoms with Crippen LogP contribution in [0.1, 0.15) is 5.69 Å². The lowest BCUT2D eigenvalue weighted by molar-refractivity contribution is 0.603. The third-order valence-corrected chi connectivity index (χ3v) is 2.57. The molecule has 0 amide bonds. The lowest BCUT2D eigenvalue weighted by Gasteiger charge is -2.04. The van der Waals surface area contributed by atoms with E-state index in [0.29, 0.717) is 5.56 Å². The number of halogens is 4. The van der Waals surface area contributed by atoms with Gasteiger partial charge in [0.05, 0.1) is 5.69 Å².